The third-order valence-corrected chi connectivity index (χ3v) is 4.13. The van der Waals surface area contributed by atoms with Crippen molar-refractivity contribution in [2.75, 3.05) is 12.3 Å². The van der Waals surface area contributed by atoms with Gasteiger partial charge in [-0.2, -0.15) is 12.6 Å². The monoisotopic (exact) mass is 385 g/mol. The molecule has 0 spiro atoms. The number of hydrogen-bond acceptors (Lipinski definition) is 3. The summed E-state index contributed by atoms with van der Waals surface area (Å²) in [5.41, 5.74) is 1.65. The van der Waals surface area contributed by atoms with E-state index in [4.69, 9.17) is 0 Å². The Bertz CT molecular complexity index is 686. The molecule has 0 fully saturated rings. The van der Waals surface area contributed by atoms with E-state index >= 15 is 0 Å². The summed E-state index contributed by atoms with van der Waals surface area (Å²) in [7, 11) is 0. The summed E-state index contributed by atoms with van der Waals surface area (Å²) in [6, 6.07) is 5.77. The number of aromatic nitrogens is 1. The molecular formula is C15H17BrFN3OS. The van der Waals surface area contributed by atoms with E-state index in [0.29, 0.717) is 6.54 Å². The van der Waals surface area contributed by atoms with Crippen molar-refractivity contribution in [3.05, 3.63) is 34.4 Å². The van der Waals surface area contributed by atoms with Gasteiger partial charge in [0, 0.05) is 34.5 Å². The normalized spacial score (nSPS) is 11.9. The quantitative estimate of drug-likeness (QED) is 0.380. The fourth-order valence-corrected chi connectivity index (χ4v) is 2.75. The summed E-state index contributed by atoms with van der Waals surface area (Å²) in [4.78, 5) is 15.1. The maximum atomic E-state index is 12.9. The number of fused-ring (bicyclic) bond motifs is 1. The van der Waals surface area contributed by atoms with Crippen LogP contribution in [0.2, 0.25) is 0 Å². The van der Waals surface area contributed by atoms with E-state index in [0.717, 1.165) is 39.5 Å². The lowest BCUT2D eigenvalue weighted by Gasteiger charge is -2.06. The summed E-state index contributed by atoms with van der Waals surface area (Å²) in [5.74, 6) is 0.301. The number of nitrogens with one attached hydrogen (secondary N) is 2. The molecule has 4 nitrogen and oxygen atoms in total. The number of nitrogens with zero attached hydrogens (tertiary/aromatic N) is 1. The predicted molar refractivity (Wildman–Crippen MR) is 94.3 cm³/mol. The van der Waals surface area contributed by atoms with Crippen LogP contribution in [0.5, 0.6) is 0 Å². The van der Waals surface area contributed by atoms with Crippen molar-refractivity contribution in [3.8, 4) is 0 Å². The van der Waals surface area contributed by atoms with Gasteiger partial charge >= 0.3 is 0 Å². The van der Waals surface area contributed by atoms with Gasteiger partial charge in [0.15, 0.2) is 0 Å². The standard InChI is InChI=1S/C15H17BrFN3OS/c16-11-3-4-13-12(8-11)10(9-19-13)7-14(20-17)15(21)18-5-1-2-6-22/h3-4,8-9,19,22H,1-2,5-7H2,(H,18,21)/b20-14+. The third kappa shape index (κ3) is 4.33. The molecule has 0 saturated carbocycles. The van der Waals surface area contributed by atoms with E-state index in [-0.39, 0.29) is 12.1 Å². The third-order valence-electron chi connectivity index (χ3n) is 3.32. The Hall–Kier alpha value is -1.34. The first kappa shape index (κ1) is 17.0. The van der Waals surface area contributed by atoms with Gasteiger partial charge < -0.3 is 10.3 Å². The topological polar surface area (TPSA) is 57.2 Å². The van der Waals surface area contributed by atoms with Gasteiger partial charge in [-0.15, -0.1) is 0 Å². The van der Waals surface area contributed by atoms with Gasteiger partial charge in [-0.05, 0) is 42.4 Å². The lowest BCUT2D eigenvalue weighted by molar-refractivity contribution is -0.114. The highest BCUT2D eigenvalue weighted by Gasteiger charge is 2.15. The summed E-state index contributed by atoms with van der Waals surface area (Å²) in [6.07, 6.45) is 3.64. The van der Waals surface area contributed by atoms with Crippen LogP contribution in [0.25, 0.3) is 10.9 Å². The second-order valence-electron chi connectivity index (χ2n) is 4.90. The molecule has 2 aromatic rings. The van der Waals surface area contributed by atoms with Crippen molar-refractivity contribution < 1.29 is 9.28 Å². The van der Waals surface area contributed by atoms with Crippen molar-refractivity contribution in [1.29, 1.82) is 0 Å². The lowest BCUT2D eigenvalue weighted by Crippen LogP contribution is -2.32. The average Bonchev–Trinajstić information content (AvgIpc) is 2.91. The van der Waals surface area contributed by atoms with E-state index in [1.54, 1.807) is 6.20 Å². The van der Waals surface area contributed by atoms with Gasteiger partial charge in [-0.1, -0.05) is 25.6 Å². The van der Waals surface area contributed by atoms with Gasteiger partial charge in [0.05, 0.1) is 0 Å². The summed E-state index contributed by atoms with van der Waals surface area (Å²) >= 11 is 7.51. The van der Waals surface area contributed by atoms with Crippen molar-refractivity contribution >= 4 is 51.1 Å². The fraction of sp³-hybridized carbons (Fsp3) is 0.333. The van der Waals surface area contributed by atoms with Crippen molar-refractivity contribution in [3.63, 3.8) is 0 Å². The number of amides is 1. The van der Waals surface area contributed by atoms with Crippen LogP contribution in [0, 0.1) is 0 Å². The highest BCUT2D eigenvalue weighted by atomic mass is 79.9. The Balaban J connectivity index is 2.06. The Kier molecular flexibility index (Phi) is 6.45. The molecule has 0 atom stereocenters. The molecule has 7 heteroatoms. The number of aromatic amines is 1. The molecule has 0 bridgehead atoms. The minimum atomic E-state index is -0.467. The number of halogens is 2. The number of H-pyrrole nitrogens is 1. The summed E-state index contributed by atoms with van der Waals surface area (Å²) < 4.78 is 13.8. The minimum Gasteiger partial charge on any atom is -0.361 e. The van der Waals surface area contributed by atoms with Gasteiger partial charge in [-0.3, -0.25) is 4.79 Å². The molecule has 2 rings (SSSR count). The number of rotatable bonds is 7. The molecule has 0 saturated heterocycles. The first-order valence-corrected chi connectivity index (χ1v) is 8.40. The molecule has 1 aromatic heterocycles. The van der Waals surface area contributed by atoms with Gasteiger partial charge in [0.25, 0.3) is 5.91 Å². The van der Waals surface area contributed by atoms with Gasteiger partial charge in [0.2, 0.25) is 0 Å². The van der Waals surface area contributed by atoms with Crippen molar-refractivity contribution in [2.45, 2.75) is 19.3 Å². The molecule has 0 unspecified atom stereocenters. The van der Waals surface area contributed by atoms with Crippen molar-refractivity contribution in [1.82, 2.24) is 10.3 Å². The zero-order valence-corrected chi connectivity index (χ0v) is 14.4. The molecule has 1 amide bonds. The van der Waals surface area contributed by atoms with Crippen LogP contribution in [0.15, 0.2) is 34.1 Å². The molecule has 0 aliphatic carbocycles. The zero-order valence-electron chi connectivity index (χ0n) is 11.9. The molecular weight excluding hydrogens is 369 g/mol. The lowest BCUT2D eigenvalue weighted by atomic mass is 10.1. The van der Waals surface area contributed by atoms with Crippen LogP contribution in [0.3, 0.4) is 0 Å². The van der Waals surface area contributed by atoms with E-state index in [1.807, 2.05) is 18.2 Å². The molecule has 22 heavy (non-hydrogen) atoms. The van der Waals surface area contributed by atoms with Crippen LogP contribution in [-0.2, 0) is 11.2 Å². The first-order chi connectivity index (χ1) is 10.7. The molecule has 118 valence electrons. The second kappa shape index (κ2) is 8.33. The van der Waals surface area contributed by atoms with Crippen LogP contribution < -0.4 is 5.32 Å². The Morgan fingerprint density at radius 1 is 1.41 bits per heavy atom. The maximum absolute atomic E-state index is 12.9. The highest BCUT2D eigenvalue weighted by Crippen LogP contribution is 2.23. The number of unbranched alkanes of at least 4 members (excludes halogenated alkanes) is 1. The molecule has 0 radical (unpaired) electrons. The highest BCUT2D eigenvalue weighted by molar-refractivity contribution is 9.10. The number of carbonyl (C=O) groups excluding carboxylic acids is 1. The van der Waals surface area contributed by atoms with Crippen LogP contribution in [0.4, 0.5) is 4.48 Å². The van der Waals surface area contributed by atoms with Gasteiger partial charge in [0.1, 0.15) is 5.71 Å². The number of carbonyl (C=O) groups is 1. The predicted octanol–water partition coefficient (Wildman–Crippen LogP) is 3.62. The molecule has 1 heterocycles. The van der Waals surface area contributed by atoms with Crippen LogP contribution >= 0.6 is 28.6 Å². The molecule has 0 aliphatic heterocycles. The number of hydrogen-bond donors (Lipinski definition) is 3. The van der Waals surface area contributed by atoms with E-state index < -0.39 is 5.91 Å². The fourth-order valence-electron chi connectivity index (χ4n) is 2.17. The minimum absolute atomic E-state index is 0.119. The summed E-state index contributed by atoms with van der Waals surface area (Å²) in [6.45, 7) is 0.498. The molecule has 2 N–H and O–H groups in total. The van der Waals surface area contributed by atoms with E-state index in [9.17, 15) is 9.28 Å². The number of benzene rings is 1. The molecule has 1 aromatic carbocycles. The largest absolute Gasteiger partial charge is 0.361 e. The first-order valence-electron chi connectivity index (χ1n) is 6.98. The Morgan fingerprint density at radius 3 is 2.95 bits per heavy atom. The molecule has 0 aliphatic rings. The van der Waals surface area contributed by atoms with Crippen LogP contribution in [0.1, 0.15) is 18.4 Å². The van der Waals surface area contributed by atoms with Crippen LogP contribution in [-0.4, -0.2) is 28.9 Å². The summed E-state index contributed by atoms with van der Waals surface area (Å²) in [5, 5.41) is 6.28. The van der Waals surface area contributed by atoms with E-state index in [2.05, 4.69) is 44.1 Å². The Morgan fingerprint density at radius 2 is 2.23 bits per heavy atom. The average molecular weight is 386 g/mol. The zero-order chi connectivity index (χ0) is 15.9. The van der Waals surface area contributed by atoms with E-state index in [1.165, 1.54) is 0 Å². The van der Waals surface area contributed by atoms with Gasteiger partial charge in [-0.25, -0.2) is 0 Å². The maximum Gasteiger partial charge on any atom is 0.268 e. The Labute approximate surface area is 142 Å². The SMILES string of the molecule is O=C(NCCCCS)/C(Cc1c[nH]c2ccc(Br)cc12)=N/F. The van der Waals surface area contributed by atoms with Crippen molar-refractivity contribution in [2.24, 2.45) is 5.21 Å². The number of thiol groups is 1. The smallest absolute Gasteiger partial charge is 0.268 e. The second-order valence-corrected chi connectivity index (χ2v) is 6.26.